The molecule has 4 nitrogen and oxygen atoms in total. The Balaban J connectivity index is 1.94. The SMILES string of the molecule is Cc1cccc(Cl)c1NC(=O)O[C@H]1CCCN(C)C1. The number of nitrogens with zero attached hydrogens (tertiary/aromatic N) is 1. The highest BCUT2D eigenvalue weighted by Gasteiger charge is 2.21. The van der Waals surface area contributed by atoms with Crippen molar-refractivity contribution in [2.24, 2.45) is 0 Å². The number of para-hydroxylation sites is 1. The number of anilines is 1. The highest BCUT2D eigenvalue weighted by Crippen LogP contribution is 2.25. The molecule has 0 aromatic heterocycles. The number of rotatable bonds is 2. The summed E-state index contributed by atoms with van der Waals surface area (Å²) in [5.41, 5.74) is 1.54. The summed E-state index contributed by atoms with van der Waals surface area (Å²) in [6, 6.07) is 5.50. The molecular weight excluding hydrogens is 264 g/mol. The van der Waals surface area contributed by atoms with Crippen LogP contribution in [0.4, 0.5) is 10.5 Å². The molecule has 2 rings (SSSR count). The lowest BCUT2D eigenvalue weighted by Gasteiger charge is -2.29. The molecule has 1 fully saturated rings. The number of nitrogens with one attached hydrogen (secondary N) is 1. The molecule has 1 heterocycles. The summed E-state index contributed by atoms with van der Waals surface area (Å²) in [7, 11) is 2.03. The Kier molecular flexibility index (Phi) is 4.66. The lowest BCUT2D eigenvalue weighted by atomic mass is 10.1. The minimum Gasteiger partial charge on any atom is -0.445 e. The Morgan fingerprint density at radius 1 is 1.53 bits per heavy atom. The largest absolute Gasteiger partial charge is 0.445 e. The van der Waals surface area contributed by atoms with Gasteiger partial charge < -0.3 is 9.64 Å². The van der Waals surface area contributed by atoms with Crippen molar-refractivity contribution >= 4 is 23.4 Å². The molecule has 0 saturated carbocycles. The van der Waals surface area contributed by atoms with Crippen molar-refractivity contribution in [3.05, 3.63) is 28.8 Å². The number of aryl methyl sites for hydroxylation is 1. The number of carbonyl (C=O) groups is 1. The van der Waals surface area contributed by atoms with Crippen LogP contribution in [0.2, 0.25) is 5.02 Å². The van der Waals surface area contributed by atoms with Crippen LogP contribution in [0.15, 0.2) is 18.2 Å². The normalized spacial score (nSPS) is 20.1. The van der Waals surface area contributed by atoms with Crippen molar-refractivity contribution < 1.29 is 9.53 Å². The van der Waals surface area contributed by atoms with Crippen LogP contribution in [0.3, 0.4) is 0 Å². The third kappa shape index (κ3) is 3.85. The first kappa shape index (κ1) is 14.2. The van der Waals surface area contributed by atoms with Gasteiger partial charge in [0.15, 0.2) is 0 Å². The summed E-state index contributed by atoms with van der Waals surface area (Å²) >= 11 is 6.06. The quantitative estimate of drug-likeness (QED) is 0.905. The maximum atomic E-state index is 11.9. The first-order valence-corrected chi connectivity index (χ1v) is 6.85. The fourth-order valence-electron chi connectivity index (χ4n) is 2.29. The minimum atomic E-state index is -0.434. The van der Waals surface area contributed by atoms with E-state index in [1.165, 1.54) is 0 Å². The molecule has 1 aliphatic rings. The number of likely N-dealkylation sites (N-methyl/N-ethyl adjacent to an activating group) is 1. The number of halogens is 1. The maximum Gasteiger partial charge on any atom is 0.411 e. The molecule has 104 valence electrons. The number of amides is 1. The molecule has 1 aromatic carbocycles. The van der Waals surface area contributed by atoms with Crippen LogP contribution in [0, 0.1) is 6.92 Å². The van der Waals surface area contributed by atoms with Crippen molar-refractivity contribution in [2.75, 3.05) is 25.5 Å². The van der Waals surface area contributed by atoms with Crippen LogP contribution in [-0.2, 0) is 4.74 Å². The van der Waals surface area contributed by atoms with Gasteiger partial charge in [0, 0.05) is 6.54 Å². The number of ether oxygens (including phenoxy) is 1. The van der Waals surface area contributed by atoms with Crippen molar-refractivity contribution in [3.8, 4) is 0 Å². The van der Waals surface area contributed by atoms with Crippen LogP contribution < -0.4 is 5.32 Å². The van der Waals surface area contributed by atoms with Gasteiger partial charge in [-0.1, -0.05) is 23.7 Å². The molecule has 0 unspecified atom stereocenters. The Labute approximate surface area is 118 Å². The van der Waals surface area contributed by atoms with E-state index in [9.17, 15) is 4.79 Å². The van der Waals surface area contributed by atoms with Crippen LogP contribution in [-0.4, -0.2) is 37.2 Å². The molecule has 0 aliphatic carbocycles. The van der Waals surface area contributed by atoms with Gasteiger partial charge in [-0.05, 0) is 45.0 Å². The molecule has 1 aliphatic heterocycles. The molecular formula is C14H19ClN2O2. The number of hydrogen-bond donors (Lipinski definition) is 1. The van der Waals surface area contributed by atoms with E-state index >= 15 is 0 Å². The number of benzene rings is 1. The summed E-state index contributed by atoms with van der Waals surface area (Å²) in [5, 5.41) is 3.25. The zero-order valence-electron chi connectivity index (χ0n) is 11.3. The van der Waals surface area contributed by atoms with E-state index < -0.39 is 6.09 Å². The fourth-order valence-corrected chi connectivity index (χ4v) is 2.56. The van der Waals surface area contributed by atoms with E-state index in [1.807, 2.05) is 26.1 Å². The van der Waals surface area contributed by atoms with Gasteiger partial charge in [-0.25, -0.2) is 4.79 Å². The summed E-state index contributed by atoms with van der Waals surface area (Å²) in [6.07, 6.45) is 1.50. The maximum absolute atomic E-state index is 11.9. The summed E-state index contributed by atoms with van der Waals surface area (Å²) in [4.78, 5) is 14.1. The lowest BCUT2D eigenvalue weighted by molar-refractivity contribution is 0.0593. The lowest BCUT2D eigenvalue weighted by Crippen LogP contribution is -2.38. The van der Waals surface area contributed by atoms with Gasteiger partial charge in [-0.15, -0.1) is 0 Å². The predicted octanol–water partition coefficient (Wildman–Crippen LogP) is 3.29. The average Bonchev–Trinajstić information content (AvgIpc) is 2.34. The zero-order chi connectivity index (χ0) is 13.8. The number of carbonyl (C=O) groups excluding carboxylic acids is 1. The average molecular weight is 283 g/mol. The van der Waals surface area contributed by atoms with Gasteiger partial charge in [0.05, 0.1) is 10.7 Å². The molecule has 1 saturated heterocycles. The Morgan fingerprint density at radius 2 is 2.32 bits per heavy atom. The first-order valence-electron chi connectivity index (χ1n) is 6.47. The van der Waals surface area contributed by atoms with Crippen molar-refractivity contribution in [2.45, 2.75) is 25.9 Å². The van der Waals surface area contributed by atoms with Gasteiger partial charge >= 0.3 is 6.09 Å². The smallest absolute Gasteiger partial charge is 0.411 e. The Hall–Kier alpha value is -1.26. The molecule has 1 atom stereocenters. The topological polar surface area (TPSA) is 41.6 Å². The summed E-state index contributed by atoms with van der Waals surface area (Å²) in [6.45, 7) is 3.75. The van der Waals surface area contributed by atoms with Gasteiger partial charge in [-0.2, -0.15) is 0 Å². The van der Waals surface area contributed by atoms with E-state index in [0.717, 1.165) is 31.5 Å². The molecule has 0 bridgehead atoms. The van der Waals surface area contributed by atoms with E-state index in [-0.39, 0.29) is 6.10 Å². The standard InChI is InChI=1S/C14H19ClN2O2/c1-10-5-3-7-12(15)13(10)16-14(18)19-11-6-4-8-17(2)9-11/h3,5,7,11H,4,6,8-9H2,1-2H3,(H,16,18)/t11-/m0/s1. The second-order valence-electron chi connectivity index (χ2n) is 4.99. The van der Waals surface area contributed by atoms with Crippen LogP contribution in [0.1, 0.15) is 18.4 Å². The molecule has 1 amide bonds. The molecule has 1 N–H and O–H groups in total. The first-order chi connectivity index (χ1) is 9.06. The third-order valence-electron chi connectivity index (χ3n) is 3.30. The predicted molar refractivity (Wildman–Crippen MR) is 76.8 cm³/mol. The van der Waals surface area contributed by atoms with Crippen LogP contribution >= 0.6 is 11.6 Å². The number of likely N-dealkylation sites (tertiary alicyclic amines) is 1. The number of piperidine rings is 1. The molecule has 19 heavy (non-hydrogen) atoms. The number of hydrogen-bond acceptors (Lipinski definition) is 3. The van der Waals surface area contributed by atoms with Crippen LogP contribution in [0.5, 0.6) is 0 Å². The molecule has 1 aromatic rings. The van der Waals surface area contributed by atoms with E-state index in [4.69, 9.17) is 16.3 Å². The van der Waals surface area contributed by atoms with Crippen molar-refractivity contribution in [1.29, 1.82) is 0 Å². The van der Waals surface area contributed by atoms with Gasteiger partial charge in [-0.3, -0.25) is 5.32 Å². The monoisotopic (exact) mass is 282 g/mol. The van der Waals surface area contributed by atoms with Crippen molar-refractivity contribution in [3.63, 3.8) is 0 Å². The van der Waals surface area contributed by atoms with E-state index in [1.54, 1.807) is 6.07 Å². The highest BCUT2D eigenvalue weighted by molar-refractivity contribution is 6.33. The fraction of sp³-hybridized carbons (Fsp3) is 0.500. The third-order valence-corrected chi connectivity index (χ3v) is 3.62. The highest BCUT2D eigenvalue weighted by atomic mass is 35.5. The Morgan fingerprint density at radius 3 is 3.00 bits per heavy atom. The molecule has 5 heteroatoms. The minimum absolute atomic E-state index is 0.0402. The second kappa shape index (κ2) is 6.26. The second-order valence-corrected chi connectivity index (χ2v) is 5.40. The molecule has 0 spiro atoms. The summed E-state index contributed by atoms with van der Waals surface area (Å²) in [5.74, 6) is 0. The Bertz CT molecular complexity index is 445. The summed E-state index contributed by atoms with van der Waals surface area (Å²) < 4.78 is 5.43. The zero-order valence-corrected chi connectivity index (χ0v) is 12.0. The van der Waals surface area contributed by atoms with E-state index in [2.05, 4.69) is 10.2 Å². The van der Waals surface area contributed by atoms with E-state index in [0.29, 0.717) is 10.7 Å². The van der Waals surface area contributed by atoms with Gasteiger partial charge in [0.25, 0.3) is 0 Å². The molecule has 0 radical (unpaired) electrons. The van der Waals surface area contributed by atoms with Crippen LogP contribution in [0.25, 0.3) is 0 Å². The van der Waals surface area contributed by atoms with Gasteiger partial charge in [0.1, 0.15) is 6.10 Å². The van der Waals surface area contributed by atoms with Crippen molar-refractivity contribution in [1.82, 2.24) is 4.90 Å². The van der Waals surface area contributed by atoms with Gasteiger partial charge in [0.2, 0.25) is 0 Å².